The summed E-state index contributed by atoms with van der Waals surface area (Å²) in [7, 11) is 1.24. The van der Waals surface area contributed by atoms with Crippen LogP contribution in [0.1, 0.15) is 83.6 Å². The van der Waals surface area contributed by atoms with E-state index in [2.05, 4.69) is 25.6 Å². The van der Waals surface area contributed by atoms with E-state index < -0.39 is 35.9 Å². The molecule has 6 rings (SSSR count). The van der Waals surface area contributed by atoms with Crippen LogP contribution in [0.4, 0.5) is 31.1 Å². The number of halogens is 6. The van der Waals surface area contributed by atoms with E-state index in [-0.39, 0.29) is 29.0 Å². The molecule has 0 unspecified atom stereocenters. The number of nitrogens with zero attached hydrogens (tertiary/aromatic N) is 3. The van der Waals surface area contributed by atoms with Gasteiger partial charge in [0.15, 0.2) is 0 Å². The van der Waals surface area contributed by atoms with Crippen LogP contribution < -0.4 is 16.4 Å². The number of carbonyl (C=O) groups excluding carboxylic acids is 1. The van der Waals surface area contributed by atoms with Crippen LogP contribution in [0.5, 0.6) is 0 Å². The first-order valence-electron chi connectivity index (χ1n) is 14.7. The van der Waals surface area contributed by atoms with E-state index in [0.29, 0.717) is 55.0 Å². The third kappa shape index (κ3) is 8.15. The third-order valence-corrected chi connectivity index (χ3v) is 8.25. The Morgan fingerprint density at radius 2 is 1.38 bits per heavy atom. The summed E-state index contributed by atoms with van der Waals surface area (Å²) in [6, 6.07) is 6.68. The van der Waals surface area contributed by atoms with Gasteiger partial charge in [0.25, 0.3) is 11.1 Å². The van der Waals surface area contributed by atoms with E-state index in [1.807, 2.05) is 0 Å². The number of amides is 1. The van der Waals surface area contributed by atoms with Crippen molar-refractivity contribution in [3.8, 4) is 0 Å². The number of ether oxygens (including phenoxy) is 1. The summed E-state index contributed by atoms with van der Waals surface area (Å²) in [5, 5.41) is 7.72. The molecule has 0 saturated carbocycles. The van der Waals surface area contributed by atoms with E-state index in [1.54, 1.807) is 0 Å². The van der Waals surface area contributed by atoms with Gasteiger partial charge in [-0.05, 0) is 55.5 Å². The lowest BCUT2D eigenvalue weighted by atomic mass is 9.86. The summed E-state index contributed by atoms with van der Waals surface area (Å²) in [4.78, 5) is 42.8. The van der Waals surface area contributed by atoms with Gasteiger partial charge in [0.05, 0.1) is 13.2 Å². The molecule has 2 saturated heterocycles. The van der Waals surface area contributed by atoms with Crippen LogP contribution in [-0.2, 0) is 17.1 Å². The summed E-state index contributed by atoms with van der Waals surface area (Å²) in [6.07, 6.45) is -4.87. The van der Waals surface area contributed by atoms with Gasteiger partial charge in [-0.15, -0.1) is 0 Å². The number of likely N-dealkylation sites (tertiary alicyclic amines) is 1. The van der Waals surface area contributed by atoms with Crippen LogP contribution >= 0.6 is 0 Å². The number of carbonyl (C=O) groups is 1. The van der Waals surface area contributed by atoms with Crippen molar-refractivity contribution >= 4 is 6.09 Å². The first-order valence-corrected chi connectivity index (χ1v) is 14.7. The van der Waals surface area contributed by atoms with E-state index in [0.717, 1.165) is 24.8 Å². The lowest BCUT2D eigenvalue weighted by Gasteiger charge is -2.37. The van der Waals surface area contributed by atoms with Crippen LogP contribution in [0.3, 0.4) is 0 Å². The van der Waals surface area contributed by atoms with Gasteiger partial charge in [-0.25, -0.2) is 4.79 Å². The minimum absolute atomic E-state index is 0.0486. The summed E-state index contributed by atoms with van der Waals surface area (Å²) in [5.74, 6) is 0.912. The van der Waals surface area contributed by atoms with Gasteiger partial charge < -0.3 is 24.0 Å². The Kier molecular flexibility index (Phi) is 10.1. The normalized spacial score (nSPS) is 21.7. The summed E-state index contributed by atoms with van der Waals surface area (Å²) in [6.45, 7) is 0.989. The second-order valence-corrected chi connectivity index (χ2v) is 11.3. The smallest absolute Gasteiger partial charge is 0.433 e. The maximum Gasteiger partial charge on any atom is 0.433 e. The molecule has 2 fully saturated rings. The minimum atomic E-state index is -4.54. The summed E-state index contributed by atoms with van der Waals surface area (Å²) < 4.78 is 90.7. The Hall–Kier alpha value is -4.87. The predicted octanol–water partition coefficient (Wildman–Crippen LogP) is 5.66. The van der Waals surface area contributed by atoms with Crippen molar-refractivity contribution in [1.29, 1.82) is 0 Å². The molecule has 4 atom stereocenters. The average Bonchev–Trinajstić information content (AvgIpc) is 3.72. The first kappa shape index (κ1) is 34.5. The number of alkyl halides is 6. The molecule has 2 aliphatic heterocycles. The highest BCUT2D eigenvalue weighted by Crippen LogP contribution is 2.40. The number of methoxy groups -OCH3 is 1. The van der Waals surface area contributed by atoms with Crippen molar-refractivity contribution in [2.75, 3.05) is 20.2 Å². The molecule has 258 valence electrons. The lowest BCUT2D eigenvalue weighted by Crippen LogP contribution is -2.40. The second kappa shape index (κ2) is 14.1. The fraction of sp³-hybridized carbons (Fsp3) is 0.433. The van der Waals surface area contributed by atoms with E-state index in [4.69, 9.17) is 13.8 Å². The zero-order valence-electron chi connectivity index (χ0n) is 25.2. The highest BCUT2D eigenvalue weighted by Gasteiger charge is 2.37. The molecule has 0 radical (unpaired) electrons. The van der Waals surface area contributed by atoms with Crippen molar-refractivity contribution in [2.45, 2.75) is 62.0 Å². The molecule has 0 aromatic carbocycles. The number of rotatable bonds is 4. The Balaban J connectivity index is 0.000000190. The third-order valence-electron chi connectivity index (χ3n) is 8.25. The molecule has 0 aliphatic carbocycles. The Morgan fingerprint density at radius 3 is 1.83 bits per heavy atom. The molecular formula is C30H30F6N6O6. The molecule has 6 heterocycles. The molecular weight excluding hydrogens is 654 g/mol. The minimum Gasteiger partial charge on any atom is -0.453 e. The van der Waals surface area contributed by atoms with Crippen molar-refractivity contribution in [3.05, 3.63) is 104 Å². The number of aromatic amines is 2. The fourth-order valence-electron chi connectivity index (χ4n) is 5.85. The molecule has 3 N–H and O–H groups in total. The van der Waals surface area contributed by atoms with Gasteiger partial charge in [0.2, 0.25) is 0 Å². The Labute approximate surface area is 267 Å². The van der Waals surface area contributed by atoms with Gasteiger partial charge in [-0.1, -0.05) is 12.1 Å². The fourth-order valence-corrected chi connectivity index (χ4v) is 5.85. The van der Waals surface area contributed by atoms with E-state index in [9.17, 15) is 40.7 Å². The molecule has 4 aromatic rings. The number of pyridine rings is 2. The summed E-state index contributed by atoms with van der Waals surface area (Å²) >= 11 is 0. The zero-order chi connectivity index (χ0) is 34.6. The van der Waals surface area contributed by atoms with Gasteiger partial charge in [-0.3, -0.25) is 19.6 Å². The number of hydrogen-bond donors (Lipinski definition) is 3. The van der Waals surface area contributed by atoms with Gasteiger partial charge in [0, 0.05) is 48.9 Å². The van der Waals surface area contributed by atoms with Crippen LogP contribution in [0.2, 0.25) is 0 Å². The Morgan fingerprint density at radius 1 is 0.833 bits per heavy atom. The Bertz CT molecular complexity index is 1780. The van der Waals surface area contributed by atoms with Crippen LogP contribution in [0.15, 0.2) is 67.4 Å². The second-order valence-electron chi connectivity index (χ2n) is 11.3. The monoisotopic (exact) mass is 684 g/mol. The molecule has 0 bridgehead atoms. The van der Waals surface area contributed by atoms with Crippen LogP contribution in [-0.4, -0.2) is 51.5 Å². The highest BCUT2D eigenvalue weighted by atomic mass is 19.4. The first-order chi connectivity index (χ1) is 22.7. The maximum absolute atomic E-state index is 12.7. The maximum atomic E-state index is 12.7. The van der Waals surface area contributed by atoms with Crippen LogP contribution in [0, 0.1) is 0 Å². The standard InChI is InChI=1S/C16H16F3N3O4.C14H14F3N3O2/c1-25-15(24)22-5-4-9(12-7-14(23)21-26-12)6-11(22)10-2-3-13(20-8-10)16(17,18)19;15-14(16,17)12-2-1-9(7-19-12)10-5-8(3-4-18-10)11-6-13(21)20-22-11/h2-3,7-9,11H,4-6H2,1H3,(H,21,23);1-2,6-8,10,18H,3-5H2,(H,20,21)/t9-,11+;8-,10+/m00/s1. The quantitative estimate of drug-likeness (QED) is 0.231. The molecule has 4 aromatic heterocycles. The van der Waals surface area contributed by atoms with Gasteiger partial charge in [-0.2, -0.15) is 36.7 Å². The lowest BCUT2D eigenvalue weighted by molar-refractivity contribution is -0.142. The summed E-state index contributed by atoms with van der Waals surface area (Å²) in [5.41, 5.74) is -1.43. The number of H-pyrrole nitrogens is 2. The molecule has 1 amide bonds. The number of aromatic nitrogens is 4. The zero-order valence-corrected chi connectivity index (χ0v) is 25.2. The van der Waals surface area contributed by atoms with E-state index >= 15 is 0 Å². The molecule has 18 heteroatoms. The SMILES string of the molecule is COC(=O)N1CC[C@H](c2cc(=O)[nH]o2)C[C@@H]1c1ccc(C(F)(F)F)nc1.O=c1cc([C@H]2CCN[C@@H](c3ccc(C(F)(F)F)nc3)C2)o[nH]1. The molecule has 0 spiro atoms. The van der Waals surface area contributed by atoms with Crippen molar-refractivity contribution in [3.63, 3.8) is 0 Å². The molecule has 2 aliphatic rings. The number of hydrogen-bond acceptors (Lipinski definition) is 9. The van der Waals surface area contributed by atoms with Crippen molar-refractivity contribution in [1.82, 2.24) is 30.5 Å². The van der Waals surface area contributed by atoms with Crippen molar-refractivity contribution in [2.24, 2.45) is 0 Å². The average molecular weight is 685 g/mol. The largest absolute Gasteiger partial charge is 0.453 e. The topological polar surface area (TPSA) is 159 Å². The number of nitrogens with one attached hydrogen (secondary N) is 3. The predicted molar refractivity (Wildman–Crippen MR) is 154 cm³/mol. The molecule has 48 heavy (non-hydrogen) atoms. The van der Waals surface area contributed by atoms with Crippen molar-refractivity contribution < 1.29 is 44.9 Å². The van der Waals surface area contributed by atoms with Crippen LogP contribution in [0.25, 0.3) is 0 Å². The van der Waals surface area contributed by atoms with Gasteiger partial charge >= 0.3 is 18.4 Å². The van der Waals surface area contributed by atoms with E-state index in [1.165, 1.54) is 42.5 Å². The number of piperidine rings is 2. The molecule has 12 nitrogen and oxygen atoms in total. The van der Waals surface area contributed by atoms with Gasteiger partial charge in [0.1, 0.15) is 22.9 Å². The highest BCUT2D eigenvalue weighted by molar-refractivity contribution is 5.68.